The maximum absolute atomic E-state index is 4.52. The molecule has 0 aromatic rings. The zero-order valence-corrected chi connectivity index (χ0v) is 19.0. The fraction of sp³-hybridized carbons (Fsp3) is 1.00. The minimum absolute atomic E-state index is 0.620. The van der Waals surface area contributed by atoms with E-state index in [0.29, 0.717) is 21.0 Å². The Labute approximate surface area is 166 Å². The first kappa shape index (κ1) is 23.4. The zero-order valence-electron chi connectivity index (χ0n) is 13.0. The van der Waals surface area contributed by atoms with Crippen molar-refractivity contribution < 1.29 is 0 Å². The zero-order chi connectivity index (χ0) is 16.1. The normalized spacial score (nSPS) is 17.4. The van der Waals surface area contributed by atoms with Crippen molar-refractivity contribution in [3.8, 4) is 0 Å². The van der Waals surface area contributed by atoms with E-state index in [2.05, 4.69) is 99.6 Å². The number of hydrogen-bond acceptors (Lipinski definition) is 7. The molecule has 0 N–H and O–H groups in total. The van der Waals surface area contributed by atoms with Crippen LogP contribution >= 0.6 is 85.8 Å². The van der Waals surface area contributed by atoms with E-state index >= 15 is 0 Å². The van der Waals surface area contributed by atoms with E-state index in [1.165, 1.54) is 24.3 Å². The van der Waals surface area contributed by atoms with E-state index in [1.807, 2.05) is 0 Å². The Kier molecular flexibility index (Phi) is 17.8. The molecule has 0 saturated carbocycles. The van der Waals surface area contributed by atoms with Crippen LogP contribution in [0.2, 0.25) is 0 Å². The highest BCUT2D eigenvalue weighted by atomic mass is 32.2. The molecule has 0 fully saturated rings. The van der Waals surface area contributed by atoms with Crippen molar-refractivity contribution in [3.63, 3.8) is 0 Å². The third-order valence-electron chi connectivity index (χ3n) is 3.15. The van der Waals surface area contributed by atoms with Crippen LogP contribution in [0.1, 0.15) is 26.7 Å². The lowest BCUT2D eigenvalue weighted by molar-refractivity contribution is 0.910. The summed E-state index contributed by atoms with van der Waals surface area (Å²) in [5, 5.41) is 2.59. The van der Waals surface area contributed by atoms with Gasteiger partial charge in [0.2, 0.25) is 0 Å². The summed E-state index contributed by atoms with van der Waals surface area (Å²) in [6.07, 6.45) is 2.39. The van der Waals surface area contributed by atoms with Gasteiger partial charge in [0.05, 0.1) is 0 Å². The van der Waals surface area contributed by atoms with E-state index in [4.69, 9.17) is 0 Å². The molecular formula is C14H30S7. The van der Waals surface area contributed by atoms with Crippen LogP contribution in [-0.4, -0.2) is 55.5 Å². The summed E-state index contributed by atoms with van der Waals surface area (Å²) in [7, 11) is 0. The summed E-state index contributed by atoms with van der Waals surface area (Å²) in [6, 6.07) is 0. The van der Waals surface area contributed by atoms with Crippen LogP contribution in [0, 0.1) is 0 Å². The van der Waals surface area contributed by atoms with E-state index in [0.717, 1.165) is 23.0 Å². The second kappa shape index (κ2) is 15.9. The summed E-state index contributed by atoms with van der Waals surface area (Å²) in [5.74, 6) is 6.18. The monoisotopic (exact) mass is 422 g/mol. The highest BCUT2D eigenvalue weighted by Gasteiger charge is 2.17. The number of thioether (sulfide) groups is 3. The van der Waals surface area contributed by atoms with Gasteiger partial charge in [0, 0.05) is 55.5 Å². The maximum atomic E-state index is 4.52. The molecule has 0 spiro atoms. The van der Waals surface area contributed by atoms with Crippen LogP contribution in [0.4, 0.5) is 0 Å². The van der Waals surface area contributed by atoms with Crippen LogP contribution in [0.5, 0.6) is 0 Å². The van der Waals surface area contributed by atoms with Crippen LogP contribution in [0.25, 0.3) is 0 Å². The number of hydrogen-bond donors (Lipinski definition) is 4. The molecule has 0 saturated heterocycles. The lowest BCUT2D eigenvalue weighted by Crippen LogP contribution is -2.20. The van der Waals surface area contributed by atoms with Crippen LogP contribution in [0.3, 0.4) is 0 Å². The van der Waals surface area contributed by atoms with Crippen molar-refractivity contribution >= 4 is 85.8 Å². The van der Waals surface area contributed by atoms with E-state index < -0.39 is 0 Å². The van der Waals surface area contributed by atoms with Gasteiger partial charge in [-0.2, -0.15) is 85.8 Å². The Morgan fingerprint density at radius 3 is 1.48 bits per heavy atom. The van der Waals surface area contributed by atoms with Gasteiger partial charge in [-0.15, -0.1) is 0 Å². The molecule has 0 aromatic heterocycles. The third kappa shape index (κ3) is 11.6. The van der Waals surface area contributed by atoms with E-state index in [-0.39, 0.29) is 0 Å². The van der Waals surface area contributed by atoms with Crippen molar-refractivity contribution in [2.24, 2.45) is 0 Å². The maximum Gasteiger partial charge on any atom is 0.0229 e. The van der Waals surface area contributed by atoms with Crippen molar-refractivity contribution in [2.45, 2.75) is 47.7 Å². The molecule has 0 aliphatic heterocycles. The van der Waals surface area contributed by atoms with Gasteiger partial charge < -0.3 is 0 Å². The molecule has 0 bridgehead atoms. The molecule has 0 radical (unpaired) electrons. The molecule has 0 rings (SSSR count). The minimum atomic E-state index is 0.620. The van der Waals surface area contributed by atoms with Gasteiger partial charge in [0.25, 0.3) is 0 Å². The van der Waals surface area contributed by atoms with E-state index in [9.17, 15) is 0 Å². The predicted molar refractivity (Wildman–Crippen MR) is 124 cm³/mol. The largest absolute Gasteiger partial charge is 0.178 e. The number of rotatable bonds is 14. The molecule has 21 heavy (non-hydrogen) atoms. The Morgan fingerprint density at radius 1 is 0.619 bits per heavy atom. The van der Waals surface area contributed by atoms with Gasteiger partial charge >= 0.3 is 0 Å². The Bertz CT molecular complexity index is 219. The molecule has 0 aliphatic rings. The lowest BCUT2D eigenvalue weighted by Gasteiger charge is -2.23. The quantitative estimate of drug-likeness (QED) is 0.284. The summed E-state index contributed by atoms with van der Waals surface area (Å²) >= 11 is 24.1. The lowest BCUT2D eigenvalue weighted by atomic mass is 10.4. The number of thiol groups is 4. The predicted octanol–water partition coefficient (Wildman–Crippen LogP) is 5.20. The van der Waals surface area contributed by atoms with E-state index in [1.54, 1.807) is 0 Å². The van der Waals surface area contributed by atoms with Crippen LogP contribution < -0.4 is 0 Å². The molecule has 4 atom stereocenters. The second-order valence-corrected chi connectivity index (χ2v) is 10.6. The Balaban J connectivity index is 4.10. The first-order chi connectivity index (χ1) is 10.1. The molecule has 0 aromatic carbocycles. The summed E-state index contributed by atoms with van der Waals surface area (Å²) in [4.78, 5) is 0. The smallest absolute Gasteiger partial charge is 0.0229 e. The second-order valence-electron chi connectivity index (χ2n) is 4.84. The topological polar surface area (TPSA) is 0 Å². The first-order valence-corrected chi connectivity index (χ1v) is 13.0. The molecule has 7 heteroatoms. The fourth-order valence-electron chi connectivity index (χ4n) is 1.62. The molecular weight excluding hydrogens is 393 g/mol. The van der Waals surface area contributed by atoms with Gasteiger partial charge in [0.1, 0.15) is 0 Å². The molecule has 0 aliphatic carbocycles. The standard InChI is InChI=1S/C14H30S7/c1-3-11(5-15)19-9-13(7-17)20-10-14(8-18)21-12(4-2)6-16/h11-18H,3-10H2,1-2H3. The van der Waals surface area contributed by atoms with Gasteiger partial charge in [-0.25, -0.2) is 0 Å². The van der Waals surface area contributed by atoms with Gasteiger partial charge in [-0.05, 0) is 12.8 Å². The highest BCUT2D eigenvalue weighted by Crippen LogP contribution is 2.29. The molecule has 0 heterocycles. The van der Waals surface area contributed by atoms with Gasteiger partial charge in [-0.3, -0.25) is 0 Å². The molecule has 128 valence electrons. The van der Waals surface area contributed by atoms with Crippen molar-refractivity contribution in [1.82, 2.24) is 0 Å². The molecule has 0 amide bonds. The van der Waals surface area contributed by atoms with Gasteiger partial charge in [-0.1, -0.05) is 13.8 Å². The van der Waals surface area contributed by atoms with Crippen LogP contribution in [-0.2, 0) is 0 Å². The SMILES string of the molecule is CCC(CS)SCC(CS)SCC(CS)SC(CC)CS. The fourth-order valence-corrected chi connectivity index (χ4v) is 7.62. The molecule has 4 unspecified atom stereocenters. The first-order valence-electron chi connectivity index (χ1n) is 7.47. The third-order valence-corrected chi connectivity index (χ3v) is 10.9. The molecule has 0 nitrogen and oxygen atoms in total. The summed E-state index contributed by atoms with van der Waals surface area (Å²) in [5.41, 5.74) is 0. The highest BCUT2D eigenvalue weighted by molar-refractivity contribution is 8.06. The van der Waals surface area contributed by atoms with Crippen LogP contribution in [0.15, 0.2) is 0 Å². The van der Waals surface area contributed by atoms with Crippen molar-refractivity contribution in [3.05, 3.63) is 0 Å². The summed E-state index contributed by atoms with van der Waals surface area (Å²) < 4.78 is 0. The summed E-state index contributed by atoms with van der Waals surface area (Å²) in [6.45, 7) is 4.48. The Hall–Kier alpha value is 2.45. The Morgan fingerprint density at radius 2 is 1.05 bits per heavy atom. The average molecular weight is 423 g/mol. The minimum Gasteiger partial charge on any atom is -0.178 e. The average Bonchev–Trinajstić information content (AvgIpc) is 2.53. The van der Waals surface area contributed by atoms with Crippen molar-refractivity contribution in [2.75, 3.05) is 34.5 Å². The van der Waals surface area contributed by atoms with Crippen molar-refractivity contribution in [1.29, 1.82) is 0 Å². The van der Waals surface area contributed by atoms with Gasteiger partial charge in [0.15, 0.2) is 0 Å².